The molecule has 1 aromatic heterocycles. The van der Waals surface area contributed by atoms with Gasteiger partial charge in [-0.2, -0.15) is 0 Å². The van der Waals surface area contributed by atoms with Crippen molar-refractivity contribution in [1.29, 1.82) is 0 Å². The number of nitrogens with one attached hydrogen (secondary N) is 1. The number of ether oxygens (including phenoxy) is 1. The second-order valence-electron chi connectivity index (χ2n) is 8.07. The van der Waals surface area contributed by atoms with Gasteiger partial charge in [-0.1, -0.05) is 26.8 Å². The summed E-state index contributed by atoms with van der Waals surface area (Å²) in [6.45, 7) is 5.72. The molecular formula is C20H29N5O4. The molecule has 2 rings (SSSR count). The number of nitrogens with zero attached hydrogens (tertiary/aromatic N) is 3. The maximum Gasteiger partial charge on any atom is 0.332 e. The van der Waals surface area contributed by atoms with Crippen LogP contribution in [0.1, 0.15) is 26.3 Å². The summed E-state index contributed by atoms with van der Waals surface area (Å²) in [4.78, 5) is 39.4. The minimum absolute atomic E-state index is 0.0428. The topological polar surface area (TPSA) is 112 Å². The first-order chi connectivity index (χ1) is 13.4. The quantitative estimate of drug-likeness (QED) is 0.774. The zero-order valence-electron chi connectivity index (χ0n) is 18.0. The lowest BCUT2D eigenvalue weighted by atomic mass is 9.87. The predicted molar refractivity (Wildman–Crippen MR) is 115 cm³/mol. The largest absolute Gasteiger partial charge is 0.495 e. The third-order valence-corrected chi connectivity index (χ3v) is 4.66. The van der Waals surface area contributed by atoms with E-state index in [1.54, 1.807) is 20.2 Å². The molecule has 29 heavy (non-hydrogen) atoms. The third kappa shape index (κ3) is 4.44. The van der Waals surface area contributed by atoms with E-state index in [0.29, 0.717) is 11.4 Å². The lowest BCUT2D eigenvalue weighted by molar-refractivity contribution is -0.116. The van der Waals surface area contributed by atoms with Crippen molar-refractivity contribution in [3.05, 3.63) is 44.6 Å². The van der Waals surface area contributed by atoms with Gasteiger partial charge in [-0.15, -0.1) is 0 Å². The van der Waals surface area contributed by atoms with Crippen LogP contribution in [0.25, 0.3) is 0 Å². The summed E-state index contributed by atoms with van der Waals surface area (Å²) in [5.74, 6) is 0.00197. The zero-order valence-corrected chi connectivity index (χ0v) is 18.0. The van der Waals surface area contributed by atoms with Gasteiger partial charge < -0.3 is 20.7 Å². The van der Waals surface area contributed by atoms with Gasteiger partial charge in [-0.05, 0) is 23.1 Å². The van der Waals surface area contributed by atoms with E-state index in [-0.39, 0.29) is 16.9 Å². The van der Waals surface area contributed by atoms with Crippen molar-refractivity contribution < 1.29 is 9.53 Å². The van der Waals surface area contributed by atoms with E-state index in [0.717, 1.165) is 14.7 Å². The van der Waals surface area contributed by atoms with Crippen LogP contribution >= 0.6 is 0 Å². The Morgan fingerprint density at radius 1 is 1.24 bits per heavy atom. The summed E-state index contributed by atoms with van der Waals surface area (Å²) < 4.78 is 7.33. The first-order valence-electron chi connectivity index (χ1n) is 9.13. The summed E-state index contributed by atoms with van der Waals surface area (Å²) >= 11 is 0. The Morgan fingerprint density at radius 3 is 2.38 bits per heavy atom. The van der Waals surface area contributed by atoms with Crippen molar-refractivity contribution in [3.8, 4) is 5.75 Å². The Labute approximate surface area is 169 Å². The molecule has 0 spiro atoms. The first kappa shape index (κ1) is 22.1. The summed E-state index contributed by atoms with van der Waals surface area (Å²) in [5, 5.41) is 2.74. The van der Waals surface area contributed by atoms with Crippen LogP contribution in [0.15, 0.2) is 27.8 Å². The van der Waals surface area contributed by atoms with E-state index in [2.05, 4.69) is 26.1 Å². The van der Waals surface area contributed by atoms with Crippen molar-refractivity contribution in [2.75, 3.05) is 37.2 Å². The second-order valence-corrected chi connectivity index (χ2v) is 8.07. The number of hydrogen-bond acceptors (Lipinski definition) is 6. The van der Waals surface area contributed by atoms with E-state index in [9.17, 15) is 14.4 Å². The maximum absolute atomic E-state index is 12.7. The molecule has 2 aromatic rings. The molecule has 0 aliphatic heterocycles. The van der Waals surface area contributed by atoms with E-state index in [1.165, 1.54) is 19.1 Å². The molecule has 0 aliphatic rings. The molecule has 1 aromatic carbocycles. The number of nitrogen functional groups attached to an aromatic ring is 1. The number of amides is 1. The van der Waals surface area contributed by atoms with Crippen LogP contribution in [0, 0.1) is 0 Å². The van der Waals surface area contributed by atoms with E-state index < -0.39 is 23.7 Å². The van der Waals surface area contributed by atoms with Gasteiger partial charge in [-0.3, -0.25) is 14.2 Å². The van der Waals surface area contributed by atoms with Crippen LogP contribution in [-0.2, 0) is 23.8 Å². The summed E-state index contributed by atoms with van der Waals surface area (Å²) in [5.41, 5.74) is 6.10. The fourth-order valence-corrected chi connectivity index (χ4v) is 2.93. The van der Waals surface area contributed by atoms with E-state index in [1.807, 2.05) is 12.1 Å². The van der Waals surface area contributed by atoms with Crippen molar-refractivity contribution >= 4 is 23.1 Å². The molecule has 0 saturated carbocycles. The highest BCUT2D eigenvalue weighted by Gasteiger charge is 2.20. The molecule has 0 radical (unpaired) electrons. The first-order valence-corrected chi connectivity index (χ1v) is 9.13. The van der Waals surface area contributed by atoms with Crippen LogP contribution in [0.4, 0.5) is 17.2 Å². The van der Waals surface area contributed by atoms with Gasteiger partial charge in [0.15, 0.2) is 0 Å². The average Bonchev–Trinajstić information content (AvgIpc) is 2.62. The van der Waals surface area contributed by atoms with Crippen LogP contribution in [-0.4, -0.2) is 36.2 Å². The number of benzene rings is 1. The van der Waals surface area contributed by atoms with Gasteiger partial charge in [-0.25, -0.2) is 9.36 Å². The predicted octanol–water partition coefficient (Wildman–Crippen LogP) is 1.14. The highest BCUT2D eigenvalue weighted by molar-refractivity contribution is 5.92. The highest BCUT2D eigenvalue weighted by atomic mass is 16.5. The Hall–Kier alpha value is -3.23. The van der Waals surface area contributed by atoms with Crippen molar-refractivity contribution in [3.63, 3.8) is 0 Å². The number of rotatable bonds is 5. The molecule has 9 nitrogen and oxygen atoms in total. The Kier molecular flexibility index (Phi) is 6.10. The van der Waals surface area contributed by atoms with E-state index in [4.69, 9.17) is 10.5 Å². The molecule has 9 heteroatoms. The molecule has 158 valence electrons. The van der Waals surface area contributed by atoms with Gasteiger partial charge in [0.2, 0.25) is 5.91 Å². The minimum atomic E-state index is -0.663. The van der Waals surface area contributed by atoms with Crippen molar-refractivity contribution in [2.24, 2.45) is 7.05 Å². The van der Waals surface area contributed by atoms with Gasteiger partial charge in [0.05, 0.1) is 12.8 Å². The zero-order chi connectivity index (χ0) is 22.1. The van der Waals surface area contributed by atoms with Gasteiger partial charge in [0.25, 0.3) is 5.56 Å². The normalized spacial score (nSPS) is 11.3. The summed E-state index contributed by atoms with van der Waals surface area (Å²) in [6.07, 6.45) is 0. The Balaban J connectivity index is 2.43. The molecule has 3 N–H and O–H groups in total. The van der Waals surface area contributed by atoms with Crippen LogP contribution < -0.4 is 31.9 Å². The summed E-state index contributed by atoms with van der Waals surface area (Å²) in [6, 6.07) is 5.53. The molecule has 0 aliphatic carbocycles. The van der Waals surface area contributed by atoms with Crippen molar-refractivity contribution in [1.82, 2.24) is 9.13 Å². The molecule has 0 bridgehead atoms. The lowest BCUT2D eigenvalue weighted by Gasteiger charge is -2.21. The number of hydrogen-bond donors (Lipinski definition) is 2. The van der Waals surface area contributed by atoms with Crippen LogP contribution in [0.2, 0.25) is 0 Å². The van der Waals surface area contributed by atoms with E-state index >= 15 is 0 Å². The van der Waals surface area contributed by atoms with Crippen molar-refractivity contribution in [2.45, 2.75) is 32.7 Å². The molecule has 0 atom stereocenters. The number of carbonyl (C=O) groups excluding carboxylic acids is 1. The van der Waals surface area contributed by atoms with Gasteiger partial charge >= 0.3 is 5.69 Å². The number of methoxy groups -OCH3 is 1. The SMILES string of the molecule is COc1ccc(C(C)(C)C)cc1NC(=O)Cn1c(=O)c(N(C)C)c(N)n(C)c1=O. The van der Waals surface area contributed by atoms with Crippen LogP contribution in [0.5, 0.6) is 5.75 Å². The highest BCUT2D eigenvalue weighted by Crippen LogP contribution is 2.31. The molecule has 0 unspecified atom stereocenters. The number of carbonyl (C=O) groups is 1. The minimum Gasteiger partial charge on any atom is -0.495 e. The van der Waals surface area contributed by atoms with Crippen LogP contribution in [0.3, 0.4) is 0 Å². The molecule has 0 saturated heterocycles. The third-order valence-electron chi connectivity index (χ3n) is 4.66. The number of anilines is 3. The molecule has 0 fully saturated rings. The fourth-order valence-electron chi connectivity index (χ4n) is 2.93. The molecule has 1 heterocycles. The summed E-state index contributed by atoms with van der Waals surface area (Å²) in [7, 11) is 6.25. The number of aromatic nitrogens is 2. The smallest absolute Gasteiger partial charge is 0.332 e. The lowest BCUT2D eigenvalue weighted by Crippen LogP contribution is -2.44. The maximum atomic E-state index is 12.7. The molecule has 1 amide bonds. The monoisotopic (exact) mass is 403 g/mol. The average molecular weight is 403 g/mol. The Bertz CT molecular complexity index is 1040. The van der Waals surface area contributed by atoms with Gasteiger partial charge in [0, 0.05) is 21.1 Å². The second kappa shape index (κ2) is 8.02. The Morgan fingerprint density at radius 2 is 1.86 bits per heavy atom. The fraction of sp³-hybridized carbons (Fsp3) is 0.450. The number of nitrogens with two attached hydrogens (primary N) is 1. The van der Waals surface area contributed by atoms with Gasteiger partial charge in [0.1, 0.15) is 23.8 Å². The molecular weight excluding hydrogens is 374 g/mol. The standard InChI is InChI=1S/C20H29N5O4/c1-20(2,3)12-8-9-14(29-7)13(10-12)22-15(26)11-25-18(27)16(23(4)5)17(21)24(6)19(25)28/h8-10H,11,21H2,1-7H3,(H,22,26).